The predicted octanol–water partition coefficient (Wildman–Crippen LogP) is 7.94. The first kappa shape index (κ1) is 62.1. The first-order valence-electron chi connectivity index (χ1n) is 26.9. The number of ether oxygens (including phenoxy) is 6. The first-order chi connectivity index (χ1) is 33.0. The molecule has 7 N–H and O–H groups in total. The molecule has 0 aliphatic carbocycles. The van der Waals surface area contributed by atoms with E-state index in [2.05, 4.69) is 38.2 Å². The van der Waals surface area contributed by atoms with E-state index in [0.717, 1.165) is 64.2 Å². The fraction of sp³-hybridized carbons (Fsp3) is 0.887. The van der Waals surface area contributed by atoms with Crippen molar-refractivity contribution in [2.75, 3.05) is 26.4 Å². The lowest BCUT2D eigenvalue weighted by atomic mass is 9.98. The summed E-state index contributed by atoms with van der Waals surface area (Å²) in [5.41, 5.74) is 0. The second kappa shape index (κ2) is 40.6. The summed E-state index contributed by atoms with van der Waals surface area (Å²) in [6.07, 6.45) is 24.9. The Balaban J connectivity index is 1.78. The van der Waals surface area contributed by atoms with Crippen molar-refractivity contribution in [1.29, 1.82) is 0 Å². The average Bonchev–Trinajstić information content (AvgIpc) is 3.33. The summed E-state index contributed by atoms with van der Waals surface area (Å²) in [6, 6.07) is 0. The number of unbranched alkanes of at least 4 members (excludes halogenated alkanes) is 24. The number of carbonyl (C=O) groups is 2. The van der Waals surface area contributed by atoms with Crippen molar-refractivity contribution in [3.8, 4) is 0 Å². The number of allylic oxidation sites excluding steroid dienone is 4. The summed E-state index contributed by atoms with van der Waals surface area (Å²) in [7, 11) is 0. The predicted molar refractivity (Wildman–Crippen MR) is 261 cm³/mol. The molecule has 0 aromatic heterocycles. The maximum absolute atomic E-state index is 13.0. The zero-order valence-electron chi connectivity index (χ0n) is 42.1. The number of aliphatic hydroxyl groups is 7. The molecule has 2 aliphatic heterocycles. The third-order valence-corrected chi connectivity index (χ3v) is 12.9. The summed E-state index contributed by atoms with van der Waals surface area (Å²) in [5, 5.41) is 72.1. The molecule has 0 saturated carbocycles. The minimum Gasteiger partial charge on any atom is -0.462 e. The molecule has 398 valence electrons. The van der Waals surface area contributed by atoms with Crippen LogP contribution in [0.15, 0.2) is 24.3 Å². The van der Waals surface area contributed by atoms with Crippen LogP contribution in [0.2, 0.25) is 0 Å². The van der Waals surface area contributed by atoms with Crippen LogP contribution in [0.4, 0.5) is 0 Å². The molecule has 0 spiro atoms. The second-order valence-electron chi connectivity index (χ2n) is 19.1. The summed E-state index contributed by atoms with van der Waals surface area (Å²) >= 11 is 0. The third-order valence-electron chi connectivity index (χ3n) is 12.9. The van der Waals surface area contributed by atoms with Crippen LogP contribution in [-0.4, -0.2) is 142 Å². The van der Waals surface area contributed by atoms with Crippen LogP contribution in [0.3, 0.4) is 0 Å². The molecular formula is C53H96O15. The molecular weight excluding hydrogens is 877 g/mol. The Morgan fingerprint density at radius 2 is 0.897 bits per heavy atom. The molecule has 68 heavy (non-hydrogen) atoms. The fourth-order valence-electron chi connectivity index (χ4n) is 8.47. The van der Waals surface area contributed by atoms with Gasteiger partial charge in [0.25, 0.3) is 0 Å². The van der Waals surface area contributed by atoms with Gasteiger partial charge in [-0.1, -0.05) is 179 Å². The molecule has 2 aliphatic rings. The molecule has 2 rings (SSSR count). The molecule has 0 radical (unpaired) electrons. The third kappa shape index (κ3) is 28.1. The van der Waals surface area contributed by atoms with Gasteiger partial charge in [0.05, 0.1) is 19.8 Å². The van der Waals surface area contributed by atoms with Crippen molar-refractivity contribution in [3.63, 3.8) is 0 Å². The van der Waals surface area contributed by atoms with Crippen molar-refractivity contribution in [3.05, 3.63) is 24.3 Å². The molecule has 2 heterocycles. The van der Waals surface area contributed by atoms with E-state index in [-0.39, 0.29) is 26.1 Å². The summed E-state index contributed by atoms with van der Waals surface area (Å²) in [4.78, 5) is 25.8. The van der Waals surface area contributed by atoms with Gasteiger partial charge in [-0.15, -0.1) is 0 Å². The van der Waals surface area contributed by atoms with Crippen LogP contribution in [0.1, 0.15) is 206 Å². The zero-order chi connectivity index (χ0) is 49.6. The number of hydrogen-bond acceptors (Lipinski definition) is 15. The van der Waals surface area contributed by atoms with E-state index in [1.54, 1.807) is 0 Å². The van der Waals surface area contributed by atoms with Gasteiger partial charge in [0.2, 0.25) is 0 Å². The van der Waals surface area contributed by atoms with Crippen LogP contribution < -0.4 is 0 Å². The van der Waals surface area contributed by atoms with E-state index in [1.807, 2.05) is 0 Å². The molecule has 0 amide bonds. The van der Waals surface area contributed by atoms with E-state index in [4.69, 9.17) is 28.4 Å². The Kier molecular flexibility index (Phi) is 37.0. The monoisotopic (exact) mass is 973 g/mol. The standard InChI is InChI=1S/C53H96O15/c1-3-5-7-9-11-13-15-17-19-20-21-22-24-25-27-29-31-33-35-44(55)63-38-41(66-45(56)36-34-32-30-28-26-23-18-16-14-12-10-8-6-4-2)39-64-52-51(62)49(60)47(58)43(68-52)40-65-53-50(61)48(59)46(57)42(37-54)67-53/h10,12,16,18,41-43,46-54,57-62H,3-9,11,13-15,17,19-40H2,1-2H3/b12-10+,18-16+/t41-,42+,43+,46-,47-,48?,49?,50?,51?,52+,53+/m0/s1. The molecule has 15 heteroatoms. The Bertz CT molecular complexity index is 1280. The summed E-state index contributed by atoms with van der Waals surface area (Å²) in [5.74, 6) is -0.932. The molecule has 0 aromatic carbocycles. The van der Waals surface area contributed by atoms with Crippen LogP contribution in [0.5, 0.6) is 0 Å². The second-order valence-corrected chi connectivity index (χ2v) is 19.1. The topological polar surface area (TPSA) is 231 Å². The van der Waals surface area contributed by atoms with Gasteiger partial charge < -0.3 is 64.2 Å². The van der Waals surface area contributed by atoms with Gasteiger partial charge in [-0.25, -0.2) is 0 Å². The molecule has 0 bridgehead atoms. The van der Waals surface area contributed by atoms with Gasteiger partial charge in [-0.05, 0) is 38.5 Å². The van der Waals surface area contributed by atoms with E-state index >= 15 is 0 Å². The lowest BCUT2D eigenvalue weighted by Crippen LogP contribution is -2.61. The number of esters is 2. The minimum atomic E-state index is -1.76. The Morgan fingerprint density at radius 1 is 0.471 bits per heavy atom. The first-order valence-corrected chi connectivity index (χ1v) is 26.9. The lowest BCUT2D eigenvalue weighted by Gasteiger charge is -2.42. The Hall–Kier alpha value is -2.02. The highest BCUT2D eigenvalue weighted by Crippen LogP contribution is 2.26. The summed E-state index contributed by atoms with van der Waals surface area (Å²) in [6.45, 7) is 2.56. The van der Waals surface area contributed by atoms with E-state index in [9.17, 15) is 45.3 Å². The van der Waals surface area contributed by atoms with Crippen molar-refractivity contribution in [2.45, 2.75) is 274 Å². The fourth-order valence-corrected chi connectivity index (χ4v) is 8.47. The van der Waals surface area contributed by atoms with Crippen molar-refractivity contribution in [2.24, 2.45) is 0 Å². The quantitative estimate of drug-likeness (QED) is 0.0175. The van der Waals surface area contributed by atoms with E-state index in [1.165, 1.54) is 103 Å². The average molecular weight is 973 g/mol. The van der Waals surface area contributed by atoms with Crippen LogP contribution >= 0.6 is 0 Å². The van der Waals surface area contributed by atoms with E-state index in [0.29, 0.717) is 12.8 Å². The number of aliphatic hydroxyl groups excluding tert-OH is 7. The van der Waals surface area contributed by atoms with Gasteiger partial charge in [0.1, 0.15) is 55.4 Å². The molecule has 2 fully saturated rings. The van der Waals surface area contributed by atoms with Gasteiger partial charge in [0, 0.05) is 12.8 Å². The van der Waals surface area contributed by atoms with Crippen molar-refractivity contribution in [1.82, 2.24) is 0 Å². The molecule has 0 aromatic rings. The van der Waals surface area contributed by atoms with Gasteiger partial charge in [-0.3, -0.25) is 9.59 Å². The summed E-state index contributed by atoms with van der Waals surface area (Å²) < 4.78 is 33.6. The minimum absolute atomic E-state index is 0.152. The van der Waals surface area contributed by atoms with Crippen LogP contribution in [-0.2, 0) is 38.0 Å². The number of carbonyl (C=O) groups excluding carboxylic acids is 2. The largest absolute Gasteiger partial charge is 0.462 e. The molecule has 11 atom stereocenters. The maximum atomic E-state index is 13.0. The zero-order valence-corrected chi connectivity index (χ0v) is 42.1. The Morgan fingerprint density at radius 3 is 1.41 bits per heavy atom. The maximum Gasteiger partial charge on any atom is 0.306 e. The van der Waals surface area contributed by atoms with Crippen molar-refractivity contribution < 1.29 is 73.8 Å². The highest BCUT2D eigenvalue weighted by Gasteiger charge is 2.47. The van der Waals surface area contributed by atoms with Gasteiger partial charge in [-0.2, -0.15) is 0 Å². The smallest absolute Gasteiger partial charge is 0.306 e. The highest BCUT2D eigenvalue weighted by atomic mass is 16.7. The lowest BCUT2D eigenvalue weighted by molar-refractivity contribution is -0.332. The molecule has 15 nitrogen and oxygen atoms in total. The van der Waals surface area contributed by atoms with Crippen LogP contribution in [0, 0.1) is 0 Å². The van der Waals surface area contributed by atoms with Crippen LogP contribution in [0.25, 0.3) is 0 Å². The molecule has 4 unspecified atom stereocenters. The highest BCUT2D eigenvalue weighted by molar-refractivity contribution is 5.70. The number of hydrogen-bond donors (Lipinski definition) is 7. The van der Waals surface area contributed by atoms with Gasteiger partial charge >= 0.3 is 11.9 Å². The van der Waals surface area contributed by atoms with Crippen molar-refractivity contribution >= 4 is 11.9 Å². The van der Waals surface area contributed by atoms with E-state index < -0.39 is 92.7 Å². The normalized spacial score (nSPS) is 25.9. The SMILES string of the molecule is CCCC/C=C/C/C=C/CCCCCCCC(=O)O[C@@H](COC(=O)CCCCCCCCCCCCCCCCCCCC)CO[C@@H]1O[C@H](CO[C@@H]2O[C@H](CO)[C@H](O)C(O)C2O)[C@H](O)C(O)C1O. The van der Waals surface area contributed by atoms with Gasteiger partial charge in [0.15, 0.2) is 18.7 Å². The Labute approximate surface area is 409 Å². The molecule has 2 saturated heterocycles. The number of rotatable bonds is 42.